The van der Waals surface area contributed by atoms with E-state index in [0.29, 0.717) is 19.6 Å². The average Bonchev–Trinajstić information content (AvgIpc) is 2.84. The molecule has 1 amide bonds. The molecule has 1 saturated heterocycles. The standard InChI is InChI=1S/C12H22N2O4/c1-2-14(6-5-12(16)17)9-11(15)13-8-10-4-3-7-18-10/h10H,2-9H2,1H3,(H,13,15)(H,16,17). The summed E-state index contributed by atoms with van der Waals surface area (Å²) in [5, 5.41) is 11.4. The van der Waals surface area contributed by atoms with Crippen LogP contribution in [0.15, 0.2) is 0 Å². The zero-order chi connectivity index (χ0) is 13.4. The highest BCUT2D eigenvalue weighted by Crippen LogP contribution is 2.10. The van der Waals surface area contributed by atoms with Crippen LogP contribution in [0.4, 0.5) is 0 Å². The van der Waals surface area contributed by atoms with Gasteiger partial charge in [-0.15, -0.1) is 0 Å². The molecule has 0 spiro atoms. The maximum absolute atomic E-state index is 11.7. The molecule has 2 N–H and O–H groups in total. The van der Waals surface area contributed by atoms with E-state index in [4.69, 9.17) is 9.84 Å². The van der Waals surface area contributed by atoms with Crippen LogP contribution < -0.4 is 5.32 Å². The van der Waals surface area contributed by atoms with Crippen LogP contribution in [-0.2, 0) is 14.3 Å². The molecule has 0 aromatic carbocycles. The molecule has 6 nitrogen and oxygen atoms in total. The average molecular weight is 258 g/mol. The maximum Gasteiger partial charge on any atom is 0.304 e. The monoisotopic (exact) mass is 258 g/mol. The Labute approximate surface area is 107 Å². The van der Waals surface area contributed by atoms with Crippen LogP contribution in [0, 0.1) is 0 Å². The molecule has 1 heterocycles. The second-order valence-corrected chi connectivity index (χ2v) is 4.45. The Balaban J connectivity index is 2.17. The number of carbonyl (C=O) groups is 2. The van der Waals surface area contributed by atoms with Gasteiger partial charge in [-0.05, 0) is 19.4 Å². The van der Waals surface area contributed by atoms with Crippen molar-refractivity contribution in [3.05, 3.63) is 0 Å². The van der Waals surface area contributed by atoms with Crippen LogP contribution in [0.5, 0.6) is 0 Å². The van der Waals surface area contributed by atoms with E-state index in [-0.39, 0.29) is 25.0 Å². The number of carboxylic acid groups (broad SMARTS) is 1. The molecular weight excluding hydrogens is 236 g/mol. The molecule has 1 aliphatic rings. The van der Waals surface area contributed by atoms with E-state index in [2.05, 4.69) is 5.32 Å². The van der Waals surface area contributed by atoms with Gasteiger partial charge >= 0.3 is 5.97 Å². The van der Waals surface area contributed by atoms with Gasteiger partial charge in [0.1, 0.15) is 0 Å². The number of likely N-dealkylation sites (N-methyl/N-ethyl adjacent to an activating group) is 1. The van der Waals surface area contributed by atoms with Gasteiger partial charge in [0.05, 0.1) is 19.1 Å². The fraction of sp³-hybridized carbons (Fsp3) is 0.833. The van der Waals surface area contributed by atoms with E-state index in [1.807, 2.05) is 11.8 Å². The van der Waals surface area contributed by atoms with Crippen molar-refractivity contribution in [2.24, 2.45) is 0 Å². The van der Waals surface area contributed by atoms with E-state index in [1.165, 1.54) is 0 Å². The molecule has 1 unspecified atom stereocenters. The van der Waals surface area contributed by atoms with Crippen LogP contribution in [0.2, 0.25) is 0 Å². The molecule has 1 fully saturated rings. The fourth-order valence-corrected chi connectivity index (χ4v) is 1.89. The molecule has 0 aromatic rings. The predicted octanol–water partition coefficient (Wildman–Crippen LogP) is 0.0782. The Hall–Kier alpha value is -1.14. The summed E-state index contributed by atoms with van der Waals surface area (Å²) in [6.45, 7) is 4.56. The number of rotatable bonds is 8. The quantitative estimate of drug-likeness (QED) is 0.644. The van der Waals surface area contributed by atoms with Gasteiger partial charge in [-0.25, -0.2) is 0 Å². The van der Waals surface area contributed by atoms with Gasteiger partial charge in [0.25, 0.3) is 0 Å². The summed E-state index contributed by atoms with van der Waals surface area (Å²) in [5.41, 5.74) is 0. The van der Waals surface area contributed by atoms with Crippen molar-refractivity contribution in [1.82, 2.24) is 10.2 Å². The summed E-state index contributed by atoms with van der Waals surface area (Å²) in [7, 11) is 0. The number of hydrogen-bond donors (Lipinski definition) is 2. The molecule has 1 aliphatic heterocycles. The lowest BCUT2D eigenvalue weighted by molar-refractivity contribution is -0.137. The smallest absolute Gasteiger partial charge is 0.304 e. The lowest BCUT2D eigenvalue weighted by Gasteiger charge is -2.19. The van der Waals surface area contributed by atoms with Gasteiger partial charge < -0.3 is 15.2 Å². The third kappa shape index (κ3) is 5.97. The van der Waals surface area contributed by atoms with E-state index in [0.717, 1.165) is 19.4 Å². The van der Waals surface area contributed by atoms with E-state index >= 15 is 0 Å². The maximum atomic E-state index is 11.7. The predicted molar refractivity (Wildman–Crippen MR) is 66.4 cm³/mol. The molecule has 0 radical (unpaired) electrons. The van der Waals surface area contributed by atoms with E-state index < -0.39 is 5.97 Å². The number of carbonyl (C=O) groups excluding carboxylic acids is 1. The molecule has 1 rings (SSSR count). The summed E-state index contributed by atoms with van der Waals surface area (Å²) >= 11 is 0. The Morgan fingerprint density at radius 3 is 2.83 bits per heavy atom. The second-order valence-electron chi connectivity index (χ2n) is 4.45. The van der Waals surface area contributed by atoms with Gasteiger partial charge in [-0.2, -0.15) is 0 Å². The Morgan fingerprint density at radius 1 is 1.50 bits per heavy atom. The van der Waals surface area contributed by atoms with E-state index in [9.17, 15) is 9.59 Å². The number of amides is 1. The Morgan fingerprint density at radius 2 is 2.28 bits per heavy atom. The molecule has 18 heavy (non-hydrogen) atoms. The first-order valence-electron chi connectivity index (χ1n) is 6.44. The zero-order valence-corrected chi connectivity index (χ0v) is 10.9. The topological polar surface area (TPSA) is 78.9 Å². The van der Waals surface area contributed by atoms with Gasteiger partial charge in [0.2, 0.25) is 5.91 Å². The molecule has 0 bridgehead atoms. The number of carboxylic acids is 1. The molecule has 0 aliphatic carbocycles. The van der Waals surface area contributed by atoms with Crippen molar-refractivity contribution in [3.63, 3.8) is 0 Å². The van der Waals surface area contributed by atoms with Crippen LogP contribution >= 0.6 is 0 Å². The number of aliphatic carboxylic acids is 1. The number of hydrogen-bond acceptors (Lipinski definition) is 4. The highest BCUT2D eigenvalue weighted by atomic mass is 16.5. The normalized spacial score (nSPS) is 19.1. The SMILES string of the molecule is CCN(CCC(=O)O)CC(=O)NCC1CCCO1. The number of nitrogens with one attached hydrogen (secondary N) is 1. The van der Waals surface area contributed by atoms with Gasteiger partial charge in [0.15, 0.2) is 0 Å². The van der Waals surface area contributed by atoms with Crippen molar-refractivity contribution >= 4 is 11.9 Å². The van der Waals surface area contributed by atoms with Crippen LogP contribution in [0.1, 0.15) is 26.2 Å². The summed E-state index contributed by atoms with van der Waals surface area (Å²) in [5.74, 6) is -0.911. The molecule has 0 aromatic heterocycles. The first-order valence-corrected chi connectivity index (χ1v) is 6.44. The van der Waals surface area contributed by atoms with Gasteiger partial charge in [-0.1, -0.05) is 6.92 Å². The molecular formula is C12H22N2O4. The van der Waals surface area contributed by atoms with Gasteiger partial charge in [-0.3, -0.25) is 14.5 Å². The number of ether oxygens (including phenoxy) is 1. The number of nitrogens with zero attached hydrogens (tertiary/aromatic N) is 1. The zero-order valence-electron chi connectivity index (χ0n) is 10.9. The third-order valence-electron chi connectivity index (χ3n) is 3.01. The van der Waals surface area contributed by atoms with Crippen molar-refractivity contribution in [1.29, 1.82) is 0 Å². The minimum absolute atomic E-state index is 0.0624. The molecule has 1 atom stereocenters. The molecule has 6 heteroatoms. The summed E-state index contributed by atoms with van der Waals surface area (Å²) in [6.07, 6.45) is 2.26. The first-order chi connectivity index (χ1) is 8.61. The Bertz CT molecular complexity index is 277. The molecule has 0 saturated carbocycles. The summed E-state index contributed by atoms with van der Waals surface area (Å²) in [6, 6.07) is 0. The highest BCUT2D eigenvalue weighted by molar-refractivity contribution is 5.78. The fourth-order valence-electron chi connectivity index (χ4n) is 1.89. The van der Waals surface area contributed by atoms with Crippen LogP contribution in [0.3, 0.4) is 0 Å². The molecule has 104 valence electrons. The minimum atomic E-state index is -0.840. The minimum Gasteiger partial charge on any atom is -0.481 e. The first kappa shape index (κ1) is 14.9. The van der Waals surface area contributed by atoms with E-state index in [1.54, 1.807) is 0 Å². The second kappa shape index (κ2) is 8.05. The highest BCUT2D eigenvalue weighted by Gasteiger charge is 2.17. The largest absolute Gasteiger partial charge is 0.481 e. The van der Waals surface area contributed by atoms with Crippen LogP contribution in [-0.4, -0.2) is 60.8 Å². The van der Waals surface area contributed by atoms with Crippen molar-refractivity contribution < 1.29 is 19.4 Å². The Kier molecular flexibility index (Phi) is 6.67. The lowest BCUT2D eigenvalue weighted by atomic mass is 10.2. The summed E-state index contributed by atoms with van der Waals surface area (Å²) < 4.78 is 5.41. The van der Waals surface area contributed by atoms with Crippen molar-refractivity contribution in [2.45, 2.75) is 32.3 Å². The summed E-state index contributed by atoms with van der Waals surface area (Å²) in [4.78, 5) is 23.9. The van der Waals surface area contributed by atoms with Crippen molar-refractivity contribution in [2.75, 3.05) is 32.8 Å². The van der Waals surface area contributed by atoms with Gasteiger partial charge in [0, 0.05) is 19.7 Å². The van der Waals surface area contributed by atoms with Crippen LogP contribution in [0.25, 0.3) is 0 Å². The third-order valence-corrected chi connectivity index (χ3v) is 3.01. The van der Waals surface area contributed by atoms with Crippen molar-refractivity contribution in [3.8, 4) is 0 Å². The lowest BCUT2D eigenvalue weighted by Crippen LogP contribution is -2.40.